The summed E-state index contributed by atoms with van der Waals surface area (Å²) in [6, 6.07) is -0.882. The summed E-state index contributed by atoms with van der Waals surface area (Å²) in [5.41, 5.74) is 0. The van der Waals surface area contributed by atoms with E-state index in [0.29, 0.717) is 17.4 Å². The second-order valence-electron chi connectivity index (χ2n) is 19.9. The predicted molar refractivity (Wildman–Crippen MR) is 317 cm³/mol. The quantitative estimate of drug-likeness (QED) is 0.0243. The van der Waals surface area contributed by atoms with Crippen LogP contribution in [0.3, 0.4) is 0 Å². The summed E-state index contributed by atoms with van der Waals surface area (Å²) in [5, 5.41) is 13.9. The van der Waals surface area contributed by atoms with Gasteiger partial charge in [-0.2, -0.15) is 0 Å². The van der Waals surface area contributed by atoms with Gasteiger partial charge in [-0.25, -0.2) is 4.57 Å². The molecule has 73 heavy (non-hydrogen) atoms. The molecule has 8 nitrogen and oxygen atoms in total. The minimum Gasteiger partial charge on any atom is -0.387 e. The average molecular weight is 1030 g/mol. The molecule has 9 heteroatoms. The van der Waals surface area contributed by atoms with Crippen molar-refractivity contribution in [3.05, 3.63) is 146 Å². The van der Waals surface area contributed by atoms with Crippen LogP contribution >= 0.6 is 7.82 Å². The van der Waals surface area contributed by atoms with Crippen molar-refractivity contribution in [1.29, 1.82) is 0 Å². The molecule has 0 aromatic heterocycles. The Bertz CT molecular complexity index is 1690. The molecule has 0 saturated heterocycles. The molecule has 0 aromatic carbocycles. The highest BCUT2D eigenvalue weighted by Gasteiger charge is 2.27. The van der Waals surface area contributed by atoms with Crippen LogP contribution in [0, 0.1) is 0 Å². The molecule has 0 saturated carbocycles. The number of nitrogens with one attached hydrogen (secondary N) is 1. The molecule has 0 spiro atoms. The zero-order chi connectivity index (χ0) is 53.5. The number of likely N-dealkylation sites (N-methyl/N-ethyl adjacent to an activating group) is 1. The largest absolute Gasteiger partial charge is 0.472 e. The molecule has 0 aromatic rings. The molecule has 1 amide bonds. The third-order valence-electron chi connectivity index (χ3n) is 11.8. The van der Waals surface area contributed by atoms with Crippen molar-refractivity contribution in [2.45, 2.75) is 212 Å². The van der Waals surface area contributed by atoms with Crippen molar-refractivity contribution < 1.29 is 32.9 Å². The molecular weight excluding hydrogens is 924 g/mol. The average Bonchev–Trinajstić information content (AvgIpc) is 3.35. The van der Waals surface area contributed by atoms with Gasteiger partial charge < -0.3 is 19.8 Å². The van der Waals surface area contributed by atoms with Gasteiger partial charge in [0.05, 0.1) is 39.9 Å². The van der Waals surface area contributed by atoms with Crippen LogP contribution < -0.4 is 5.32 Å². The van der Waals surface area contributed by atoms with Crippen molar-refractivity contribution in [3.63, 3.8) is 0 Å². The summed E-state index contributed by atoms with van der Waals surface area (Å²) < 4.78 is 23.6. The number of quaternary nitrogens is 1. The second kappa shape index (κ2) is 53.2. The number of allylic oxidation sites excluding steroid dienone is 23. The topological polar surface area (TPSA) is 105 Å². The predicted octanol–water partition coefficient (Wildman–Crippen LogP) is 17.7. The van der Waals surface area contributed by atoms with Gasteiger partial charge in [-0.3, -0.25) is 13.8 Å². The van der Waals surface area contributed by atoms with Crippen LogP contribution in [0.15, 0.2) is 146 Å². The Morgan fingerprint density at radius 3 is 1.26 bits per heavy atom. The van der Waals surface area contributed by atoms with Crippen molar-refractivity contribution in [2.75, 3.05) is 40.9 Å². The van der Waals surface area contributed by atoms with Gasteiger partial charge in [0, 0.05) is 6.42 Å². The van der Waals surface area contributed by atoms with Crippen LogP contribution in [0.25, 0.3) is 0 Å². The Kier molecular flexibility index (Phi) is 50.6. The smallest absolute Gasteiger partial charge is 0.387 e. The Balaban J connectivity index is 4.23. The number of phosphoric ester groups is 1. The molecule has 0 aliphatic carbocycles. The number of carbonyl (C=O) groups is 1. The summed E-state index contributed by atoms with van der Waals surface area (Å²) >= 11 is 0. The molecule has 3 atom stereocenters. The van der Waals surface area contributed by atoms with E-state index in [1.807, 2.05) is 27.2 Å². The van der Waals surface area contributed by atoms with E-state index in [-0.39, 0.29) is 19.1 Å². The zero-order valence-electron chi connectivity index (χ0n) is 47.1. The number of phosphoric acid groups is 1. The first-order valence-electron chi connectivity index (χ1n) is 28.7. The molecule has 0 bridgehead atoms. The molecule has 0 aliphatic rings. The summed E-state index contributed by atoms with van der Waals surface area (Å²) in [7, 11) is 1.52. The summed E-state index contributed by atoms with van der Waals surface area (Å²) in [6.07, 6.45) is 82.4. The molecular formula is C64H108N2O6P+. The van der Waals surface area contributed by atoms with E-state index in [1.54, 1.807) is 6.08 Å². The minimum absolute atomic E-state index is 0.0451. The van der Waals surface area contributed by atoms with E-state index in [4.69, 9.17) is 9.05 Å². The van der Waals surface area contributed by atoms with Crippen LogP contribution in [-0.4, -0.2) is 73.4 Å². The van der Waals surface area contributed by atoms with Gasteiger partial charge in [0.25, 0.3) is 0 Å². The maximum atomic E-state index is 13.0. The first-order valence-corrected chi connectivity index (χ1v) is 30.2. The normalized spacial score (nSPS) is 15.0. The molecule has 0 heterocycles. The van der Waals surface area contributed by atoms with Crippen molar-refractivity contribution in [2.24, 2.45) is 0 Å². The van der Waals surface area contributed by atoms with Crippen LogP contribution in [0.2, 0.25) is 0 Å². The van der Waals surface area contributed by atoms with Crippen LogP contribution in [0.5, 0.6) is 0 Å². The molecule has 414 valence electrons. The van der Waals surface area contributed by atoms with Crippen molar-refractivity contribution in [1.82, 2.24) is 5.32 Å². The molecule has 0 rings (SSSR count). The number of aliphatic hydroxyl groups excluding tert-OH is 1. The van der Waals surface area contributed by atoms with Crippen molar-refractivity contribution in [3.8, 4) is 0 Å². The molecule has 3 unspecified atom stereocenters. The van der Waals surface area contributed by atoms with Gasteiger partial charge in [-0.05, 0) is 109 Å². The highest BCUT2D eigenvalue weighted by molar-refractivity contribution is 7.47. The molecule has 0 radical (unpaired) electrons. The minimum atomic E-state index is -4.37. The fourth-order valence-corrected chi connectivity index (χ4v) is 8.05. The molecule has 3 N–H and O–H groups in total. The van der Waals surface area contributed by atoms with Gasteiger partial charge in [-0.1, -0.05) is 230 Å². The van der Waals surface area contributed by atoms with E-state index in [2.05, 4.69) is 153 Å². The SMILES string of the molecule is CC/C=C\C/C=C\C/C=C\C/C=C\C/C=C\C/C=C\C/C=C\C/C=C\C/C=C\C/C=C\CCCCCCCCC(=O)NC(COP(=O)(O)OCC[N+](C)(C)C)C(O)/C=C/CC/C=C/CCCCCCCCCC. The fourth-order valence-electron chi connectivity index (χ4n) is 7.32. The van der Waals surface area contributed by atoms with E-state index >= 15 is 0 Å². The Morgan fingerprint density at radius 2 is 0.836 bits per heavy atom. The highest BCUT2D eigenvalue weighted by atomic mass is 31.2. The zero-order valence-corrected chi connectivity index (χ0v) is 48.0. The number of carbonyl (C=O) groups excluding carboxylic acids is 1. The van der Waals surface area contributed by atoms with Gasteiger partial charge in [0.1, 0.15) is 13.2 Å². The number of rotatable bonds is 50. The summed E-state index contributed by atoms with van der Waals surface area (Å²) in [5.74, 6) is -0.209. The van der Waals surface area contributed by atoms with E-state index in [1.165, 1.54) is 51.4 Å². The number of aliphatic hydroxyl groups is 1. The maximum Gasteiger partial charge on any atom is 0.472 e. The molecule has 0 fully saturated rings. The number of nitrogens with zero attached hydrogens (tertiary/aromatic N) is 1. The Morgan fingerprint density at radius 1 is 0.479 bits per heavy atom. The highest BCUT2D eigenvalue weighted by Crippen LogP contribution is 2.43. The van der Waals surface area contributed by atoms with Gasteiger partial charge >= 0.3 is 7.82 Å². The number of unbranched alkanes of at least 4 members (excludes halogenated alkanes) is 15. The Hall–Kier alpha value is -3.62. The second-order valence-corrected chi connectivity index (χ2v) is 21.4. The van der Waals surface area contributed by atoms with Crippen LogP contribution in [0.4, 0.5) is 0 Å². The van der Waals surface area contributed by atoms with E-state index in [9.17, 15) is 19.4 Å². The first kappa shape index (κ1) is 69.4. The molecule has 0 aliphatic heterocycles. The van der Waals surface area contributed by atoms with Crippen LogP contribution in [0.1, 0.15) is 200 Å². The van der Waals surface area contributed by atoms with Crippen LogP contribution in [-0.2, 0) is 18.4 Å². The van der Waals surface area contributed by atoms with Gasteiger partial charge in [-0.15, -0.1) is 0 Å². The van der Waals surface area contributed by atoms with Gasteiger partial charge in [0.15, 0.2) is 0 Å². The third-order valence-corrected chi connectivity index (χ3v) is 12.8. The number of hydrogen-bond acceptors (Lipinski definition) is 5. The lowest BCUT2D eigenvalue weighted by molar-refractivity contribution is -0.870. The lowest BCUT2D eigenvalue weighted by atomic mass is 10.1. The first-order chi connectivity index (χ1) is 35.5. The number of amides is 1. The maximum absolute atomic E-state index is 13.0. The fraction of sp³-hybridized carbons (Fsp3) is 0.609. The lowest BCUT2D eigenvalue weighted by Crippen LogP contribution is -2.45. The van der Waals surface area contributed by atoms with Gasteiger partial charge in [0.2, 0.25) is 5.91 Å². The summed E-state index contributed by atoms with van der Waals surface area (Å²) in [6.45, 7) is 4.63. The lowest BCUT2D eigenvalue weighted by Gasteiger charge is -2.25. The third kappa shape index (κ3) is 56.0. The Labute approximate surface area is 449 Å². The number of hydrogen-bond donors (Lipinski definition) is 3. The summed E-state index contributed by atoms with van der Waals surface area (Å²) in [4.78, 5) is 23.2. The van der Waals surface area contributed by atoms with E-state index < -0.39 is 20.0 Å². The van der Waals surface area contributed by atoms with Crippen molar-refractivity contribution >= 4 is 13.7 Å². The van der Waals surface area contributed by atoms with E-state index in [0.717, 1.165) is 128 Å². The monoisotopic (exact) mass is 1030 g/mol. The standard InChI is InChI=1S/C64H107N2O6P/c1-6-8-10-12-14-16-18-20-22-23-24-25-26-27-28-29-30-31-32-33-34-35-36-37-38-39-40-41-42-43-44-46-48-50-52-54-56-58-64(68)65-62(61-72-73(69,70)71-60-59-66(3,4)5)63(67)57-55-53-51-49-47-45-21-19-17-15-13-11-9-7-2/h8,10,14,16,20,22,24-25,27-28,30-31,33-34,36-37,39-40,42-43,47,49,55,57,62-63,67H,6-7,9,11-13,15,17-19,21,23,26,29,32,35,38,41,44-46,48,50-54,56,58-61H2,1-5H3,(H-,65,68,69,70)/p+1/b10-8-,16-14-,22-20-,25-24-,28-27-,31-30-,34-33-,37-36-,40-39-,43-42-,49-47+,57-55+.